The van der Waals surface area contributed by atoms with Crippen molar-refractivity contribution in [3.63, 3.8) is 0 Å². The lowest BCUT2D eigenvalue weighted by Gasteiger charge is -2.14. The molecule has 0 saturated carbocycles. The molecule has 0 aliphatic rings. The van der Waals surface area contributed by atoms with Gasteiger partial charge < -0.3 is 10.6 Å². The molecule has 0 aromatic heterocycles. The summed E-state index contributed by atoms with van der Waals surface area (Å²) < 4.78 is 0. The van der Waals surface area contributed by atoms with Crippen LogP contribution >= 0.6 is 23.4 Å². The van der Waals surface area contributed by atoms with E-state index in [-0.39, 0.29) is 17.6 Å². The number of nitrogens with one attached hydrogen (secondary N) is 2. The Bertz CT molecular complexity index is 694. The molecule has 4 nitrogen and oxygen atoms in total. The monoisotopic (exact) mass is 362 g/mol. The van der Waals surface area contributed by atoms with E-state index in [0.29, 0.717) is 11.6 Å². The number of hydrogen-bond acceptors (Lipinski definition) is 3. The van der Waals surface area contributed by atoms with Gasteiger partial charge in [-0.25, -0.2) is 0 Å². The lowest BCUT2D eigenvalue weighted by atomic mass is 10.2. The molecule has 0 aliphatic heterocycles. The number of benzene rings is 2. The molecule has 6 heteroatoms. The fourth-order valence-corrected chi connectivity index (χ4v) is 3.04. The Balaban J connectivity index is 1.74. The number of halogens is 1. The summed E-state index contributed by atoms with van der Waals surface area (Å²) in [6.07, 6.45) is 0. The lowest BCUT2D eigenvalue weighted by molar-refractivity contribution is -0.127. The minimum atomic E-state index is -0.590. The lowest BCUT2D eigenvalue weighted by Crippen LogP contribution is -2.45. The van der Waals surface area contributed by atoms with Gasteiger partial charge >= 0.3 is 0 Å². The molecule has 0 fully saturated rings. The SMILES string of the molecule is CC(NC(=O)CSc1ccccc1Cl)C(=O)NCc1ccccc1. The first-order valence-corrected chi connectivity index (χ1v) is 8.91. The Morgan fingerprint density at radius 3 is 2.46 bits per heavy atom. The topological polar surface area (TPSA) is 58.2 Å². The molecule has 0 aliphatic carbocycles. The van der Waals surface area contributed by atoms with Gasteiger partial charge in [-0.3, -0.25) is 9.59 Å². The second-order valence-electron chi connectivity index (χ2n) is 5.21. The predicted octanol–water partition coefficient (Wildman–Crippen LogP) is 3.25. The van der Waals surface area contributed by atoms with Gasteiger partial charge in [0, 0.05) is 11.4 Å². The molecule has 24 heavy (non-hydrogen) atoms. The van der Waals surface area contributed by atoms with Crippen LogP contribution in [0.5, 0.6) is 0 Å². The number of carbonyl (C=O) groups excluding carboxylic acids is 2. The number of thioether (sulfide) groups is 1. The molecule has 0 saturated heterocycles. The summed E-state index contributed by atoms with van der Waals surface area (Å²) in [7, 11) is 0. The van der Waals surface area contributed by atoms with Crippen LogP contribution in [0.1, 0.15) is 12.5 Å². The van der Waals surface area contributed by atoms with Crippen molar-refractivity contribution in [1.29, 1.82) is 0 Å². The van der Waals surface area contributed by atoms with Crippen LogP contribution in [0.15, 0.2) is 59.5 Å². The fourth-order valence-electron chi connectivity index (χ4n) is 1.99. The van der Waals surface area contributed by atoms with Crippen molar-refractivity contribution in [2.45, 2.75) is 24.4 Å². The maximum absolute atomic E-state index is 12.0. The fraction of sp³-hybridized carbons (Fsp3) is 0.222. The summed E-state index contributed by atoms with van der Waals surface area (Å²) in [4.78, 5) is 24.8. The average Bonchev–Trinajstić information content (AvgIpc) is 2.59. The van der Waals surface area contributed by atoms with Crippen molar-refractivity contribution in [3.8, 4) is 0 Å². The zero-order chi connectivity index (χ0) is 17.4. The smallest absolute Gasteiger partial charge is 0.242 e. The highest BCUT2D eigenvalue weighted by Gasteiger charge is 2.15. The Hall–Kier alpha value is -1.98. The van der Waals surface area contributed by atoms with E-state index >= 15 is 0 Å². The zero-order valence-electron chi connectivity index (χ0n) is 13.3. The largest absolute Gasteiger partial charge is 0.350 e. The van der Waals surface area contributed by atoms with Gasteiger partial charge in [-0.1, -0.05) is 54.1 Å². The highest BCUT2D eigenvalue weighted by Crippen LogP contribution is 2.26. The predicted molar refractivity (Wildman–Crippen MR) is 98.1 cm³/mol. The summed E-state index contributed by atoms with van der Waals surface area (Å²) in [5.74, 6) is -0.211. The quantitative estimate of drug-likeness (QED) is 0.743. The van der Waals surface area contributed by atoms with Crippen LogP contribution in [0.4, 0.5) is 0 Å². The molecule has 2 N–H and O–H groups in total. The van der Waals surface area contributed by atoms with Crippen molar-refractivity contribution in [2.24, 2.45) is 0 Å². The summed E-state index contributed by atoms with van der Waals surface area (Å²) >= 11 is 7.39. The van der Waals surface area contributed by atoms with E-state index in [1.54, 1.807) is 13.0 Å². The van der Waals surface area contributed by atoms with Gasteiger partial charge in [0.1, 0.15) is 6.04 Å². The number of hydrogen-bond donors (Lipinski definition) is 2. The van der Waals surface area contributed by atoms with Crippen LogP contribution in [-0.4, -0.2) is 23.6 Å². The van der Waals surface area contributed by atoms with E-state index in [9.17, 15) is 9.59 Å². The molecule has 2 amide bonds. The second-order valence-corrected chi connectivity index (χ2v) is 6.64. The van der Waals surface area contributed by atoms with Crippen LogP contribution in [0.3, 0.4) is 0 Å². The Morgan fingerprint density at radius 2 is 1.75 bits per heavy atom. The summed E-state index contributed by atoms with van der Waals surface area (Å²) in [5.41, 5.74) is 1.01. The van der Waals surface area contributed by atoms with Crippen molar-refractivity contribution >= 4 is 35.2 Å². The van der Waals surface area contributed by atoms with Crippen molar-refractivity contribution < 1.29 is 9.59 Å². The maximum Gasteiger partial charge on any atom is 0.242 e. The first kappa shape index (κ1) is 18.4. The van der Waals surface area contributed by atoms with E-state index < -0.39 is 6.04 Å². The van der Waals surface area contributed by atoms with Gasteiger partial charge in [0.15, 0.2) is 0 Å². The van der Waals surface area contributed by atoms with E-state index in [1.165, 1.54) is 11.8 Å². The van der Waals surface area contributed by atoms with Crippen molar-refractivity contribution in [2.75, 3.05) is 5.75 Å². The van der Waals surface area contributed by atoms with Crippen LogP contribution in [0.2, 0.25) is 5.02 Å². The summed E-state index contributed by atoms with van der Waals surface area (Å²) in [5, 5.41) is 6.11. The third kappa shape index (κ3) is 5.91. The number of amides is 2. The standard InChI is InChI=1S/C18H19ClN2O2S/c1-13(18(23)20-11-14-7-3-2-4-8-14)21-17(22)12-24-16-10-6-5-9-15(16)19/h2-10,13H,11-12H2,1H3,(H,20,23)(H,21,22). The molecular weight excluding hydrogens is 344 g/mol. The van der Waals surface area contributed by atoms with Gasteiger partial charge in [0.05, 0.1) is 10.8 Å². The highest BCUT2D eigenvalue weighted by molar-refractivity contribution is 8.00. The van der Waals surface area contributed by atoms with Crippen LogP contribution in [0, 0.1) is 0 Å². The first-order chi connectivity index (χ1) is 11.6. The molecule has 1 atom stereocenters. The Morgan fingerprint density at radius 1 is 1.08 bits per heavy atom. The third-order valence-corrected chi connectivity index (χ3v) is 4.79. The van der Waals surface area contributed by atoms with Gasteiger partial charge in [0.2, 0.25) is 11.8 Å². The van der Waals surface area contributed by atoms with E-state index in [2.05, 4.69) is 10.6 Å². The first-order valence-electron chi connectivity index (χ1n) is 7.54. The average molecular weight is 363 g/mol. The van der Waals surface area contributed by atoms with Crippen molar-refractivity contribution in [3.05, 3.63) is 65.2 Å². The molecule has 1 unspecified atom stereocenters. The summed E-state index contributed by atoms with van der Waals surface area (Å²) in [6, 6.07) is 16.4. The highest BCUT2D eigenvalue weighted by atomic mass is 35.5. The number of carbonyl (C=O) groups is 2. The van der Waals surface area contributed by atoms with Crippen LogP contribution < -0.4 is 10.6 Å². The Labute approximate surface area is 151 Å². The molecule has 0 bridgehead atoms. The van der Waals surface area contributed by atoms with Gasteiger partial charge in [0.25, 0.3) is 0 Å². The normalized spacial score (nSPS) is 11.6. The molecule has 0 spiro atoms. The summed E-state index contributed by atoms with van der Waals surface area (Å²) in [6.45, 7) is 2.10. The van der Waals surface area contributed by atoms with E-state index in [4.69, 9.17) is 11.6 Å². The third-order valence-electron chi connectivity index (χ3n) is 3.28. The minimum absolute atomic E-state index is 0.206. The molecule has 2 aromatic rings. The second kappa shape index (κ2) is 9.35. The van der Waals surface area contributed by atoms with Crippen LogP contribution in [0.25, 0.3) is 0 Å². The minimum Gasteiger partial charge on any atom is -0.350 e. The van der Waals surface area contributed by atoms with Crippen LogP contribution in [-0.2, 0) is 16.1 Å². The van der Waals surface area contributed by atoms with Crippen molar-refractivity contribution in [1.82, 2.24) is 10.6 Å². The molecule has 2 rings (SSSR count). The molecular formula is C18H19ClN2O2S. The van der Waals surface area contributed by atoms with E-state index in [1.807, 2.05) is 48.5 Å². The molecule has 126 valence electrons. The van der Waals surface area contributed by atoms with E-state index in [0.717, 1.165) is 10.5 Å². The molecule has 0 radical (unpaired) electrons. The zero-order valence-corrected chi connectivity index (χ0v) is 14.9. The Kier molecular flexibility index (Phi) is 7.15. The molecule has 2 aromatic carbocycles. The van der Waals surface area contributed by atoms with Gasteiger partial charge in [-0.15, -0.1) is 11.8 Å². The number of rotatable bonds is 7. The maximum atomic E-state index is 12.0. The van der Waals surface area contributed by atoms with Gasteiger partial charge in [-0.05, 0) is 24.6 Å². The molecule has 0 heterocycles. The van der Waals surface area contributed by atoms with Gasteiger partial charge in [-0.2, -0.15) is 0 Å².